The van der Waals surface area contributed by atoms with E-state index < -0.39 is 0 Å². The highest BCUT2D eigenvalue weighted by Crippen LogP contribution is 2.19. The maximum absolute atomic E-state index is 11.3. The van der Waals surface area contributed by atoms with Crippen LogP contribution in [0.25, 0.3) is 0 Å². The number of rotatable bonds is 2. The van der Waals surface area contributed by atoms with Crippen molar-refractivity contribution >= 4 is 22.1 Å². The number of carbonyl (C=O) groups is 1. The molecule has 1 aliphatic heterocycles. The number of nitrogens with zero attached hydrogens (tertiary/aromatic N) is 1. The van der Waals surface area contributed by atoms with Crippen LogP contribution in [0.1, 0.15) is 19.8 Å². The van der Waals surface area contributed by atoms with Gasteiger partial charge in [0.2, 0.25) is 0 Å². The van der Waals surface area contributed by atoms with Gasteiger partial charge in [-0.2, -0.15) is 0 Å². The Kier molecular flexibility index (Phi) is 4.01. The van der Waals surface area contributed by atoms with Crippen molar-refractivity contribution in [3.63, 3.8) is 0 Å². The van der Waals surface area contributed by atoms with Gasteiger partial charge in [0, 0.05) is 29.2 Å². The Labute approximate surface area is 81.4 Å². The minimum absolute atomic E-state index is 0.0540. The van der Waals surface area contributed by atoms with Crippen LogP contribution in [0.2, 0.25) is 0 Å². The first-order chi connectivity index (χ1) is 5.74. The lowest BCUT2D eigenvalue weighted by Gasteiger charge is -2.26. The zero-order valence-electron chi connectivity index (χ0n) is 7.25. The molecule has 1 rings (SSSR count). The van der Waals surface area contributed by atoms with Crippen molar-refractivity contribution in [2.45, 2.75) is 19.8 Å². The molecule has 1 unspecified atom stereocenters. The minimum Gasteiger partial charge on any atom is -0.466 e. The van der Waals surface area contributed by atoms with Crippen LogP contribution in [0.5, 0.6) is 0 Å². The molecule has 0 saturated carbocycles. The van der Waals surface area contributed by atoms with Gasteiger partial charge in [0.05, 0.1) is 12.5 Å². The standard InChI is InChI=1S/C8H14BrNO2/c1-2-12-8(11)7-4-3-5-10(9)6-7/h7H,2-6H2,1H3. The van der Waals surface area contributed by atoms with E-state index in [1.54, 1.807) is 0 Å². The highest BCUT2D eigenvalue weighted by molar-refractivity contribution is 9.07. The summed E-state index contributed by atoms with van der Waals surface area (Å²) in [5.41, 5.74) is 0. The molecule has 1 aliphatic rings. The fourth-order valence-corrected chi connectivity index (χ4v) is 1.98. The Morgan fingerprint density at radius 2 is 2.50 bits per heavy atom. The van der Waals surface area contributed by atoms with Crippen molar-refractivity contribution in [2.24, 2.45) is 5.92 Å². The Hall–Kier alpha value is -0.0900. The third-order valence-corrected chi connectivity index (χ3v) is 2.64. The van der Waals surface area contributed by atoms with Gasteiger partial charge in [0.15, 0.2) is 0 Å². The molecule has 0 aromatic heterocycles. The van der Waals surface area contributed by atoms with Crippen molar-refractivity contribution < 1.29 is 9.53 Å². The Morgan fingerprint density at radius 3 is 3.08 bits per heavy atom. The highest BCUT2D eigenvalue weighted by atomic mass is 79.9. The number of piperidine rings is 1. The van der Waals surface area contributed by atoms with E-state index in [0.717, 1.165) is 25.9 Å². The molecular weight excluding hydrogens is 222 g/mol. The molecule has 4 heteroatoms. The van der Waals surface area contributed by atoms with E-state index in [1.807, 2.05) is 10.8 Å². The fraction of sp³-hybridized carbons (Fsp3) is 0.875. The zero-order valence-corrected chi connectivity index (χ0v) is 8.84. The minimum atomic E-state index is -0.0540. The largest absolute Gasteiger partial charge is 0.466 e. The maximum atomic E-state index is 11.3. The average Bonchev–Trinajstić information content (AvgIpc) is 2.05. The summed E-state index contributed by atoms with van der Waals surface area (Å²) in [7, 11) is 0. The van der Waals surface area contributed by atoms with Crippen molar-refractivity contribution in [3.8, 4) is 0 Å². The van der Waals surface area contributed by atoms with Gasteiger partial charge in [-0.1, -0.05) is 0 Å². The number of hydrogen-bond acceptors (Lipinski definition) is 3. The zero-order chi connectivity index (χ0) is 8.97. The topological polar surface area (TPSA) is 29.5 Å². The lowest BCUT2D eigenvalue weighted by atomic mass is 10.0. The van der Waals surface area contributed by atoms with Crippen LogP contribution in [-0.4, -0.2) is 29.6 Å². The van der Waals surface area contributed by atoms with Gasteiger partial charge in [-0.15, -0.1) is 0 Å². The van der Waals surface area contributed by atoms with Crippen molar-refractivity contribution in [3.05, 3.63) is 0 Å². The van der Waals surface area contributed by atoms with Gasteiger partial charge in [-0.25, -0.2) is 3.93 Å². The summed E-state index contributed by atoms with van der Waals surface area (Å²) in [5, 5.41) is 0. The molecule has 1 heterocycles. The predicted octanol–water partition coefficient (Wildman–Crippen LogP) is 1.57. The van der Waals surface area contributed by atoms with E-state index in [1.165, 1.54) is 0 Å². The second kappa shape index (κ2) is 4.82. The lowest BCUT2D eigenvalue weighted by Crippen LogP contribution is -2.33. The normalized spacial score (nSPS) is 25.3. The van der Waals surface area contributed by atoms with E-state index in [-0.39, 0.29) is 11.9 Å². The molecule has 0 aromatic rings. The summed E-state index contributed by atoms with van der Waals surface area (Å²) < 4.78 is 6.94. The number of hydrogen-bond donors (Lipinski definition) is 0. The molecule has 0 bridgehead atoms. The van der Waals surface area contributed by atoms with Crippen LogP contribution in [0.3, 0.4) is 0 Å². The van der Waals surface area contributed by atoms with Gasteiger partial charge < -0.3 is 4.74 Å². The van der Waals surface area contributed by atoms with Crippen LogP contribution >= 0.6 is 16.1 Å². The number of halogens is 1. The molecule has 0 aliphatic carbocycles. The van der Waals surface area contributed by atoms with E-state index in [0.29, 0.717) is 6.61 Å². The monoisotopic (exact) mass is 235 g/mol. The average molecular weight is 236 g/mol. The molecule has 0 aromatic carbocycles. The van der Waals surface area contributed by atoms with Crippen molar-refractivity contribution in [1.29, 1.82) is 0 Å². The smallest absolute Gasteiger partial charge is 0.310 e. The second-order valence-electron chi connectivity index (χ2n) is 2.96. The molecule has 12 heavy (non-hydrogen) atoms. The summed E-state index contributed by atoms with van der Waals surface area (Å²) in [5.74, 6) is 0.0136. The van der Waals surface area contributed by atoms with Crippen LogP contribution in [0.4, 0.5) is 0 Å². The van der Waals surface area contributed by atoms with E-state index in [4.69, 9.17) is 4.74 Å². The molecule has 0 amide bonds. The Balaban J connectivity index is 2.35. The SMILES string of the molecule is CCOC(=O)C1CCCN(Br)C1. The van der Waals surface area contributed by atoms with E-state index in [9.17, 15) is 4.79 Å². The van der Waals surface area contributed by atoms with Crippen molar-refractivity contribution in [1.82, 2.24) is 3.93 Å². The fourth-order valence-electron chi connectivity index (χ4n) is 1.38. The first-order valence-electron chi connectivity index (χ1n) is 4.31. The lowest BCUT2D eigenvalue weighted by molar-refractivity contribution is -0.149. The maximum Gasteiger partial charge on any atom is 0.310 e. The Bertz CT molecular complexity index is 163. The molecule has 70 valence electrons. The van der Waals surface area contributed by atoms with Gasteiger partial charge in [0.1, 0.15) is 0 Å². The van der Waals surface area contributed by atoms with Gasteiger partial charge in [-0.05, 0) is 19.8 Å². The molecule has 3 nitrogen and oxygen atoms in total. The summed E-state index contributed by atoms with van der Waals surface area (Å²) in [6.45, 7) is 4.12. The van der Waals surface area contributed by atoms with Crippen LogP contribution in [0, 0.1) is 5.92 Å². The third-order valence-electron chi connectivity index (χ3n) is 1.99. The number of carbonyl (C=O) groups excluding carboxylic acids is 1. The highest BCUT2D eigenvalue weighted by Gasteiger charge is 2.25. The molecule has 0 spiro atoms. The molecule has 0 N–H and O–H groups in total. The second-order valence-corrected chi connectivity index (χ2v) is 3.96. The third kappa shape index (κ3) is 2.75. The van der Waals surface area contributed by atoms with Crippen LogP contribution in [-0.2, 0) is 9.53 Å². The molecule has 1 fully saturated rings. The summed E-state index contributed by atoms with van der Waals surface area (Å²) in [6, 6.07) is 0. The van der Waals surface area contributed by atoms with Crippen LogP contribution in [0.15, 0.2) is 0 Å². The van der Waals surface area contributed by atoms with E-state index in [2.05, 4.69) is 16.1 Å². The summed E-state index contributed by atoms with van der Waals surface area (Å²) in [6.07, 6.45) is 2.02. The van der Waals surface area contributed by atoms with E-state index >= 15 is 0 Å². The molecule has 0 radical (unpaired) electrons. The van der Waals surface area contributed by atoms with Gasteiger partial charge in [0.25, 0.3) is 0 Å². The number of esters is 1. The predicted molar refractivity (Wildman–Crippen MR) is 49.9 cm³/mol. The molecule has 1 saturated heterocycles. The first kappa shape index (κ1) is 9.99. The molecule has 1 atom stereocenters. The van der Waals surface area contributed by atoms with Gasteiger partial charge >= 0.3 is 5.97 Å². The quantitative estimate of drug-likeness (QED) is 0.538. The summed E-state index contributed by atoms with van der Waals surface area (Å²) in [4.78, 5) is 11.3. The summed E-state index contributed by atoms with van der Waals surface area (Å²) >= 11 is 3.37. The van der Waals surface area contributed by atoms with Crippen LogP contribution < -0.4 is 0 Å². The Morgan fingerprint density at radius 1 is 1.75 bits per heavy atom. The van der Waals surface area contributed by atoms with Crippen molar-refractivity contribution in [2.75, 3.05) is 19.7 Å². The first-order valence-corrected chi connectivity index (χ1v) is 5.02. The van der Waals surface area contributed by atoms with Gasteiger partial charge in [-0.3, -0.25) is 4.79 Å². The number of ether oxygens (including phenoxy) is 1. The molecular formula is C8H14BrNO2.